The zero-order chi connectivity index (χ0) is 52.6. The number of rotatable bonds is 27. The van der Waals surface area contributed by atoms with Crippen LogP contribution >= 0.6 is 11.3 Å². The van der Waals surface area contributed by atoms with Crippen molar-refractivity contribution in [1.82, 2.24) is 30.1 Å². The highest BCUT2D eigenvalue weighted by Crippen LogP contribution is 2.33. The molecule has 1 fully saturated rings. The lowest BCUT2D eigenvalue weighted by Crippen LogP contribution is -2.59. The number of halogens is 1. The van der Waals surface area contributed by atoms with Gasteiger partial charge >= 0.3 is 5.97 Å². The molecule has 6 atom stereocenters. The third-order valence-electron chi connectivity index (χ3n) is 13.3. The molecule has 4 N–H and O–H groups in total. The highest BCUT2D eigenvalue weighted by molar-refractivity contribution is 7.90. The number of likely N-dealkylation sites (tertiary alicyclic amines) is 1. The van der Waals surface area contributed by atoms with Gasteiger partial charge in [0, 0.05) is 54.5 Å². The number of nitrogens with zero attached hydrogens (tertiary/aromatic N) is 3. The van der Waals surface area contributed by atoms with Gasteiger partial charge in [-0.25, -0.2) is 22.5 Å². The van der Waals surface area contributed by atoms with Crippen molar-refractivity contribution in [2.45, 2.75) is 181 Å². The SMILES string of the molecule is CCCCCCN(C(=O)[C@@H](NC(=O)[C@H]1CCCCN1C)[C@@H](C)CC)[C@H](C[C@@H](OC(C)=O)c1nc(C(=O)N[C@@H](Cc2ccc(F)cc2)CC(C)(C)C(=O)NS(=O)(=O)c2ccc(NC(C)C)cc2)cs1)C(C)C. The number of carbonyl (C=O) groups is 5. The summed E-state index contributed by atoms with van der Waals surface area (Å²) in [6.45, 7) is 19.8. The van der Waals surface area contributed by atoms with Crippen molar-refractivity contribution < 1.29 is 41.5 Å². The lowest BCUT2D eigenvalue weighted by molar-refractivity contribution is -0.149. The van der Waals surface area contributed by atoms with E-state index in [9.17, 15) is 32.0 Å². The largest absolute Gasteiger partial charge is 0.455 e. The molecule has 1 saturated heterocycles. The van der Waals surface area contributed by atoms with E-state index < -0.39 is 63.3 Å². The maximum atomic E-state index is 15.0. The fourth-order valence-corrected chi connectivity index (χ4v) is 11.0. The van der Waals surface area contributed by atoms with Crippen LogP contribution in [0.1, 0.15) is 161 Å². The molecule has 2 heterocycles. The molecule has 0 saturated carbocycles. The van der Waals surface area contributed by atoms with Crippen LogP contribution in [0.5, 0.6) is 0 Å². The first-order valence-electron chi connectivity index (χ1n) is 25.4. The molecule has 2 aromatic carbocycles. The number of likely N-dealkylation sites (N-methyl/N-ethyl adjacent to an activating group) is 1. The quantitative estimate of drug-likeness (QED) is 0.0421. The molecule has 0 bridgehead atoms. The average Bonchev–Trinajstić information content (AvgIpc) is 3.81. The number of hydrogen-bond acceptors (Lipinski definition) is 12. The molecule has 3 aromatic rings. The Morgan fingerprint density at radius 1 is 0.944 bits per heavy atom. The summed E-state index contributed by atoms with van der Waals surface area (Å²) in [6.07, 6.45) is 6.39. The Bertz CT molecular complexity index is 2320. The number of benzene rings is 2. The van der Waals surface area contributed by atoms with Crippen LogP contribution in [0.15, 0.2) is 58.8 Å². The van der Waals surface area contributed by atoms with Crippen LogP contribution in [0.3, 0.4) is 0 Å². The van der Waals surface area contributed by atoms with Gasteiger partial charge in [0.2, 0.25) is 17.7 Å². The number of amides is 4. The second kappa shape index (κ2) is 27.2. The van der Waals surface area contributed by atoms with E-state index in [0.29, 0.717) is 23.5 Å². The van der Waals surface area contributed by atoms with E-state index in [1.54, 1.807) is 43.5 Å². The second-order valence-electron chi connectivity index (χ2n) is 20.5. The van der Waals surface area contributed by atoms with Crippen molar-refractivity contribution in [2.75, 3.05) is 25.5 Å². The van der Waals surface area contributed by atoms with Gasteiger partial charge in [0.25, 0.3) is 15.9 Å². The lowest BCUT2D eigenvalue weighted by Gasteiger charge is -2.40. The normalized spacial score (nSPS) is 16.6. The molecule has 0 spiro atoms. The van der Waals surface area contributed by atoms with Crippen molar-refractivity contribution >= 4 is 56.6 Å². The fourth-order valence-electron chi connectivity index (χ4n) is 9.01. The molecule has 71 heavy (non-hydrogen) atoms. The van der Waals surface area contributed by atoms with E-state index in [-0.39, 0.29) is 65.6 Å². The Hall–Kier alpha value is -4.94. The standard InChI is InChI=1S/C53H80FN7O8S2/c1-12-14-15-17-29-61(51(65)47(36(7)13-2)58-49(64)44-19-16-18-28-60(44)11)45(34(3)4)31-46(69-37(8)62)50-57-43(33-70-50)48(63)56-41(30-38-20-22-39(54)23-21-38)32-53(9,10)52(66)59-71(67,68)42-26-24-40(25-27-42)55-35(5)6/h20-27,33-36,41,44-47,55H,12-19,28-32H2,1-11H3,(H,56,63)(H,58,64)(H,59,66)/t36-,41-,44+,45+,46+,47-/m0/s1. The minimum absolute atomic E-state index is 0.0184. The summed E-state index contributed by atoms with van der Waals surface area (Å²) < 4.78 is 49.0. The van der Waals surface area contributed by atoms with Gasteiger partial charge in [-0.1, -0.05) is 92.7 Å². The van der Waals surface area contributed by atoms with Gasteiger partial charge in [0.1, 0.15) is 22.6 Å². The molecule has 4 amide bonds. The number of aromatic nitrogens is 1. The second-order valence-corrected chi connectivity index (χ2v) is 23.1. The molecule has 394 valence electrons. The highest BCUT2D eigenvalue weighted by Gasteiger charge is 2.39. The third kappa shape index (κ3) is 17.7. The van der Waals surface area contributed by atoms with Crippen LogP contribution in [0.4, 0.5) is 10.1 Å². The molecule has 1 aromatic heterocycles. The monoisotopic (exact) mass is 1030 g/mol. The van der Waals surface area contributed by atoms with Crippen LogP contribution in [0, 0.1) is 23.1 Å². The predicted molar refractivity (Wildman–Crippen MR) is 278 cm³/mol. The van der Waals surface area contributed by atoms with Crippen molar-refractivity contribution in [1.29, 1.82) is 0 Å². The first-order chi connectivity index (χ1) is 33.5. The summed E-state index contributed by atoms with van der Waals surface area (Å²) in [5.74, 6) is -3.00. The van der Waals surface area contributed by atoms with Gasteiger partial charge in [-0.3, -0.25) is 28.9 Å². The molecular weight excluding hydrogens is 946 g/mol. The number of hydrogen-bond donors (Lipinski definition) is 4. The predicted octanol–water partition coefficient (Wildman–Crippen LogP) is 8.81. The lowest BCUT2D eigenvalue weighted by atomic mass is 9.83. The summed E-state index contributed by atoms with van der Waals surface area (Å²) in [7, 11) is -2.32. The Kier molecular flexibility index (Phi) is 22.5. The van der Waals surface area contributed by atoms with Crippen LogP contribution in [0.25, 0.3) is 0 Å². The maximum absolute atomic E-state index is 15.0. The van der Waals surface area contributed by atoms with Crippen LogP contribution < -0.4 is 20.7 Å². The number of unbranched alkanes of at least 4 members (excludes halogenated alkanes) is 3. The number of carbonyl (C=O) groups excluding carboxylic acids is 5. The summed E-state index contributed by atoms with van der Waals surface area (Å²) in [6, 6.07) is 9.63. The number of sulfonamides is 1. The van der Waals surface area contributed by atoms with Gasteiger partial charge in [-0.15, -0.1) is 11.3 Å². The van der Waals surface area contributed by atoms with E-state index >= 15 is 4.79 Å². The Morgan fingerprint density at radius 3 is 2.21 bits per heavy atom. The molecule has 18 heteroatoms. The highest BCUT2D eigenvalue weighted by atomic mass is 32.2. The summed E-state index contributed by atoms with van der Waals surface area (Å²) in [5, 5.41) is 11.3. The van der Waals surface area contributed by atoms with Gasteiger partial charge in [-0.2, -0.15) is 0 Å². The summed E-state index contributed by atoms with van der Waals surface area (Å²) in [5.41, 5.74) is 0.0654. The van der Waals surface area contributed by atoms with Crippen LogP contribution in [-0.2, 0) is 40.4 Å². The number of esters is 1. The van der Waals surface area contributed by atoms with Crippen molar-refractivity contribution in [3.05, 3.63) is 76.0 Å². The summed E-state index contributed by atoms with van der Waals surface area (Å²) >= 11 is 1.13. The van der Waals surface area contributed by atoms with E-state index in [1.165, 1.54) is 31.2 Å². The van der Waals surface area contributed by atoms with Crippen molar-refractivity contribution in [2.24, 2.45) is 17.3 Å². The number of anilines is 1. The number of thiazole rings is 1. The zero-order valence-corrected chi connectivity index (χ0v) is 45.4. The minimum atomic E-state index is -4.26. The van der Waals surface area contributed by atoms with E-state index in [2.05, 4.69) is 32.5 Å². The maximum Gasteiger partial charge on any atom is 0.303 e. The van der Waals surface area contributed by atoms with Crippen molar-refractivity contribution in [3.8, 4) is 0 Å². The van der Waals surface area contributed by atoms with E-state index in [1.807, 2.05) is 53.5 Å². The third-order valence-corrected chi connectivity index (χ3v) is 15.6. The topological polar surface area (TPSA) is 196 Å². The first kappa shape index (κ1) is 58.6. The van der Waals surface area contributed by atoms with E-state index in [0.717, 1.165) is 68.5 Å². The Morgan fingerprint density at radius 2 is 1.62 bits per heavy atom. The van der Waals surface area contributed by atoms with E-state index in [4.69, 9.17) is 9.72 Å². The molecule has 0 unspecified atom stereocenters. The number of piperidine rings is 1. The smallest absolute Gasteiger partial charge is 0.303 e. The molecule has 1 aliphatic rings. The van der Waals surface area contributed by atoms with Crippen LogP contribution in [-0.4, -0.2) is 103 Å². The Labute approximate surface area is 426 Å². The molecular formula is C53H80FN7O8S2. The molecule has 4 rings (SSSR count). The Balaban J connectivity index is 1.61. The average molecular weight is 1030 g/mol. The zero-order valence-electron chi connectivity index (χ0n) is 43.8. The molecule has 0 aliphatic carbocycles. The number of ether oxygens (including phenoxy) is 1. The van der Waals surface area contributed by atoms with Crippen molar-refractivity contribution in [3.63, 3.8) is 0 Å². The van der Waals surface area contributed by atoms with Gasteiger partial charge in [0.15, 0.2) is 6.10 Å². The molecule has 1 aliphatic heterocycles. The van der Waals surface area contributed by atoms with Gasteiger partial charge in [-0.05, 0) is 113 Å². The number of nitrogens with one attached hydrogen (secondary N) is 4. The van der Waals surface area contributed by atoms with Gasteiger partial charge in [0.05, 0.1) is 10.9 Å². The van der Waals surface area contributed by atoms with Gasteiger partial charge < -0.3 is 25.6 Å². The summed E-state index contributed by atoms with van der Waals surface area (Å²) in [4.78, 5) is 78.1. The molecule has 0 radical (unpaired) electrons. The minimum Gasteiger partial charge on any atom is -0.455 e. The first-order valence-corrected chi connectivity index (χ1v) is 27.7. The fraction of sp³-hybridized carbons (Fsp3) is 0.623. The molecule has 15 nitrogen and oxygen atoms in total. The van der Waals surface area contributed by atoms with Crippen LogP contribution in [0.2, 0.25) is 0 Å².